The van der Waals surface area contributed by atoms with Crippen LogP contribution in [0.15, 0.2) is 0 Å². The van der Waals surface area contributed by atoms with Gasteiger partial charge in [0.15, 0.2) is 6.29 Å². The number of carbonyl (C=O) groups excluding carboxylic acids is 5. The minimum atomic E-state index is -1.66. The number of nitrogens with one attached hydrogen (secondary N) is 4. The number of aliphatic hydroxyl groups is 2. The highest BCUT2D eigenvalue weighted by atomic mass is 16.6. The van der Waals surface area contributed by atoms with E-state index in [-0.39, 0.29) is 18.9 Å². The topological polar surface area (TPSA) is 256 Å². The Hall–Kier alpha value is -3.34. The van der Waals surface area contributed by atoms with Crippen molar-refractivity contribution in [2.75, 3.05) is 6.54 Å². The number of aliphatic hydroxyl groups excluding tert-OH is 2. The predicted molar refractivity (Wildman–Crippen MR) is 206 cm³/mol. The van der Waals surface area contributed by atoms with E-state index in [1.54, 1.807) is 13.8 Å². The fourth-order valence-electron chi connectivity index (χ4n) is 6.53. The normalized spacial score (nSPS) is 21.3. The Balaban J connectivity index is 2.62. The summed E-state index contributed by atoms with van der Waals surface area (Å²) in [5.74, 6) is -4.99. The molecule has 1 fully saturated rings. The van der Waals surface area contributed by atoms with Crippen molar-refractivity contribution in [3.63, 3.8) is 0 Å². The van der Waals surface area contributed by atoms with Crippen LogP contribution in [0.3, 0.4) is 0 Å². The van der Waals surface area contributed by atoms with Gasteiger partial charge in [-0.05, 0) is 25.7 Å². The van der Waals surface area contributed by atoms with E-state index in [0.29, 0.717) is 12.8 Å². The third-order valence-corrected chi connectivity index (χ3v) is 9.85. The smallest absolute Gasteiger partial charge is 0.303 e. The highest BCUT2D eigenvalue weighted by molar-refractivity contribution is 5.92. The van der Waals surface area contributed by atoms with Gasteiger partial charge in [-0.3, -0.25) is 28.8 Å². The van der Waals surface area contributed by atoms with Crippen LogP contribution in [0.4, 0.5) is 0 Å². The molecule has 0 bridgehead atoms. The molecule has 0 radical (unpaired) electrons. The third-order valence-electron chi connectivity index (χ3n) is 9.85. The second kappa shape index (κ2) is 28.1. The van der Waals surface area contributed by atoms with Gasteiger partial charge in [0.2, 0.25) is 29.5 Å². The average Bonchev–Trinajstić information content (AvgIpc) is 3.11. The number of amides is 5. The van der Waals surface area contributed by atoms with Crippen molar-refractivity contribution in [3.05, 3.63) is 0 Å². The summed E-state index contributed by atoms with van der Waals surface area (Å²) in [5, 5.41) is 41.1. The highest BCUT2D eigenvalue weighted by Gasteiger charge is 2.47. The molecule has 0 aromatic heterocycles. The van der Waals surface area contributed by atoms with Gasteiger partial charge in [-0.15, -0.1) is 0 Å². The van der Waals surface area contributed by atoms with Crippen molar-refractivity contribution in [1.29, 1.82) is 0 Å². The van der Waals surface area contributed by atoms with E-state index in [0.717, 1.165) is 19.3 Å². The fourth-order valence-corrected chi connectivity index (χ4v) is 6.53. The predicted octanol–water partition coefficient (Wildman–Crippen LogP) is 2.70. The summed E-state index contributed by atoms with van der Waals surface area (Å²) in [4.78, 5) is 73.7. The monoisotopic (exact) mass is 786 g/mol. The van der Waals surface area contributed by atoms with Gasteiger partial charge in [-0.2, -0.15) is 0 Å². The van der Waals surface area contributed by atoms with E-state index in [9.17, 15) is 39.0 Å². The Morgan fingerprint density at radius 1 is 0.764 bits per heavy atom. The number of carboxylic acid groups (broad SMARTS) is 1. The number of carbonyl (C=O) groups is 6. The van der Waals surface area contributed by atoms with Crippen LogP contribution in [-0.2, 0) is 38.2 Å². The maximum Gasteiger partial charge on any atom is 0.303 e. The number of rotatable bonds is 30. The molecule has 16 nitrogen and oxygen atoms in total. The van der Waals surface area contributed by atoms with Crippen molar-refractivity contribution >= 4 is 35.5 Å². The van der Waals surface area contributed by atoms with Crippen LogP contribution in [-0.4, -0.2) is 106 Å². The van der Waals surface area contributed by atoms with Gasteiger partial charge in [0, 0.05) is 26.3 Å². The summed E-state index contributed by atoms with van der Waals surface area (Å²) in [6, 6.07) is -3.76. The van der Waals surface area contributed by atoms with Gasteiger partial charge in [0.1, 0.15) is 42.5 Å². The average molecular weight is 786 g/mol. The molecule has 9 N–H and O–H groups in total. The zero-order chi connectivity index (χ0) is 41.3. The van der Waals surface area contributed by atoms with Gasteiger partial charge in [-0.25, -0.2) is 0 Å². The second-order valence-electron chi connectivity index (χ2n) is 15.2. The van der Waals surface area contributed by atoms with E-state index in [2.05, 4.69) is 28.2 Å². The molecular weight excluding hydrogens is 714 g/mol. The molecule has 55 heavy (non-hydrogen) atoms. The molecule has 0 aromatic carbocycles. The summed E-state index contributed by atoms with van der Waals surface area (Å²) in [6.45, 7) is 7.88. The van der Waals surface area contributed by atoms with Gasteiger partial charge in [0.25, 0.3) is 0 Å². The van der Waals surface area contributed by atoms with Crippen LogP contribution in [0, 0.1) is 5.92 Å². The largest absolute Gasteiger partial charge is 0.481 e. The maximum absolute atomic E-state index is 13.3. The highest BCUT2D eigenvalue weighted by Crippen LogP contribution is 2.24. The molecule has 5 amide bonds. The number of hydrogen-bond acceptors (Lipinski definition) is 10. The van der Waals surface area contributed by atoms with Crippen LogP contribution in [0.25, 0.3) is 0 Å². The lowest BCUT2D eigenvalue weighted by Crippen LogP contribution is -2.66. The molecule has 1 aliphatic heterocycles. The first-order valence-electron chi connectivity index (χ1n) is 20.4. The maximum atomic E-state index is 13.3. The molecule has 1 rings (SSSR count). The zero-order valence-electron chi connectivity index (χ0n) is 33.8. The Morgan fingerprint density at radius 2 is 1.29 bits per heavy atom. The van der Waals surface area contributed by atoms with Crippen LogP contribution in [0.2, 0.25) is 0 Å². The summed E-state index contributed by atoms with van der Waals surface area (Å²) >= 11 is 0. The quantitative estimate of drug-likeness (QED) is 0.0492. The molecule has 0 aliphatic carbocycles. The summed E-state index contributed by atoms with van der Waals surface area (Å²) in [7, 11) is 0. The number of primary amides is 1. The van der Waals surface area contributed by atoms with Crippen molar-refractivity contribution in [2.45, 2.75) is 199 Å². The molecule has 0 aromatic rings. The molecular formula is C39H71N5O11. The van der Waals surface area contributed by atoms with Crippen LogP contribution in [0.5, 0.6) is 0 Å². The van der Waals surface area contributed by atoms with Gasteiger partial charge in [-0.1, -0.05) is 111 Å². The van der Waals surface area contributed by atoms with E-state index in [4.69, 9.17) is 20.3 Å². The SMILES string of the molecule is CCCCCCCCCCCCCCCCCC(=O)NC[C@H]1O[C@@H](O)[C@H](NC(C)=O)[C@@H](O[C@H](C)C(=O)N[C@H](C(=O)N[C@H](CCC(=O)O)C(N)=O)C(C)C)[C@@H]1O. The molecule has 0 spiro atoms. The standard InChI is InChI=1S/C39H71N5O11/c1-6-7-8-9-10-11-12-13-14-15-16-17-18-19-20-21-30(46)41-24-29-34(49)35(33(39(53)55-29)42-27(5)45)54-26(4)37(51)44-32(25(2)3)38(52)43-28(36(40)50)22-23-31(47)48/h25-26,28-29,32-35,39,49,53H,6-24H2,1-5H3,(H2,40,50)(H,41,46)(H,42,45)(H,43,52)(H,44,51)(H,47,48)/t26-,28-,29-,32+,33-,34-,35-,39-/m1/s1. The molecule has 0 saturated carbocycles. The Kier molecular flexibility index (Phi) is 25.4. The number of hydrogen-bond donors (Lipinski definition) is 8. The molecule has 318 valence electrons. The summed E-state index contributed by atoms with van der Waals surface area (Å²) in [5.41, 5.74) is 5.33. The molecule has 1 aliphatic rings. The van der Waals surface area contributed by atoms with Crippen molar-refractivity contribution in [1.82, 2.24) is 21.3 Å². The molecule has 0 unspecified atom stereocenters. The summed E-state index contributed by atoms with van der Waals surface area (Å²) in [6.07, 6.45) is 10.8. The van der Waals surface area contributed by atoms with Gasteiger partial charge in [0.05, 0.1) is 0 Å². The fraction of sp³-hybridized carbons (Fsp3) is 0.846. The Morgan fingerprint density at radius 3 is 1.76 bits per heavy atom. The lowest BCUT2D eigenvalue weighted by molar-refractivity contribution is -0.259. The minimum Gasteiger partial charge on any atom is -0.481 e. The number of carboxylic acids is 1. The van der Waals surface area contributed by atoms with Crippen LogP contribution in [0.1, 0.15) is 150 Å². The molecule has 1 saturated heterocycles. The van der Waals surface area contributed by atoms with E-state index in [1.165, 1.54) is 84.5 Å². The van der Waals surface area contributed by atoms with Crippen LogP contribution < -0.4 is 27.0 Å². The first-order valence-corrected chi connectivity index (χ1v) is 20.4. The third kappa shape index (κ3) is 21.0. The molecule has 1 heterocycles. The first-order chi connectivity index (χ1) is 26.1. The molecule has 16 heteroatoms. The van der Waals surface area contributed by atoms with Crippen molar-refractivity contribution in [3.8, 4) is 0 Å². The van der Waals surface area contributed by atoms with Gasteiger partial charge >= 0.3 is 5.97 Å². The lowest BCUT2D eigenvalue weighted by atomic mass is 9.95. The first kappa shape index (κ1) is 49.7. The van der Waals surface area contributed by atoms with Crippen molar-refractivity contribution in [2.24, 2.45) is 11.7 Å². The number of unbranched alkanes of at least 4 members (excludes halogenated alkanes) is 14. The lowest BCUT2D eigenvalue weighted by Gasteiger charge is -2.43. The number of nitrogens with two attached hydrogens (primary N) is 1. The zero-order valence-corrected chi connectivity index (χ0v) is 33.8. The molecule has 8 atom stereocenters. The minimum absolute atomic E-state index is 0.165. The number of aliphatic carboxylic acids is 1. The van der Waals surface area contributed by atoms with E-state index >= 15 is 0 Å². The Labute approximate surface area is 327 Å². The van der Waals surface area contributed by atoms with Crippen molar-refractivity contribution < 1.29 is 53.6 Å². The van der Waals surface area contributed by atoms with Crippen LogP contribution >= 0.6 is 0 Å². The summed E-state index contributed by atoms with van der Waals surface area (Å²) < 4.78 is 11.4. The van der Waals surface area contributed by atoms with E-state index < -0.39 is 90.8 Å². The second-order valence-corrected chi connectivity index (χ2v) is 15.2. The Bertz CT molecular complexity index is 1170. The number of ether oxygens (including phenoxy) is 2. The van der Waals surface area contributed by atoms with E-state index in [1.807, 2.05) is 0 Å². The van der Waals surface area contributed by atoms with Gasteiger partial charge < -0.3 is 51.8 Å².